The molecule has 1 aromatic heterocycles. The van der Waals surface area contributed by atoms with E-state index in [2.05, 4.69) is 11.1 Å². The number of nitrogens with zero attached hydrogens (tertiary/aromatic N) is 1. The third-order valence-electron chi connectivity index (χ3n) is 2.30. The molecule has 2 aromatic rings. The van der Waals surface area contributed by atoms with Gasteiger partial charge in [-0.3, -0.25) is 0 Å². The van der Waals surface area contributed by atoms with Crippen molar-refractivity contribution < 1.29 is 4.74 Å². The van der Waals surface area contributed by atoms with E-state index in [1.54, 1.807) is 0 Å². The van der Waals surface area contributed by atoms with E-state index in [1.165, 1.54) is 0 Å². The van der Waals surface area contributed by atoms with Gasteiger partial charge in [-0.05, 0) is 30.7 Å². The monoisotopic (exact) mass is 212 g/mol. The van der Waals surface area contributed by atoms with E-state index in [1.807, 2.05) is 43.5 Å². The fraction of sp³-hybridized carbons (Fsp3) is 0.154. The summed E-state index contributed by atoms with van der Waals surface area (Å²) in [5, 5.41) is 8.71. The van der Waals surface area contributed by atoms with Crippen molar-refractivity contribution in [3.8, 4) is 22.9 Å². The SMILES string of the molecule is CCOc1ccc(-c2c[nH]c(C#N)c2)cc1. The third kappa shape index (κ3) is 2.06. The zero-order chi connectivity index (χ0) is 11.4. The number of ether oxygens (including phenoxy) is 1. The van der Waals surface area contributed by atoms with Crippen molar-refractivity contribution in [3.63, 3.8) is 0 Å². The van der Waals surface area contributed by atoms with Crippen molar-refractivity contribution in [2.24, 2.45) is 0 Å². The van der Waals surface area contributed by atoms with Gasteiger partial charge in [0.25, 0.3) is 0 Å². The van der Waals surface area contributed by atoms with Crippen LogP contribution in [0, 0.1) is 11.3 Å². The minimum atomic E-state index is 0.573. The lowest BCUT2D eigenvalue weighted by atomic mass is 10.1. The maximum absolute atomic E-state index is 8.71. The van der Waals surface area contributed by atoms with Crippen LogP contribution in [0.15, 0.2) is 36.5 Å². The molecule has 2 rings (SSSR count). The van der Waals surface area contributed by atoms with Crippen LogP contribution in [-0.4, -0.2) is 11.6 Å². The molecule has 0 radical (unpaired) electrons. The molecule has 3 nitrogen and oxygen atoms in total. The first-order valence-corrected chi connectivity index (χ1v) is 5.15. The van der Waals surface area contributed by atoms with E-state index in [4.69, 9.17) is 10.00 Å². The van der Waals surface area contributed by atoms with E-state index in [0.717, 1.165) is 16.9 Å². The second-order valence-electron chi connectivity index (χ2n) is 3.37. The van der Waals surface area contributed by atoms with E-state index in [9.17, 15) is 0 Å². The zero-order valence-electron chi connectivity index (χ0n) is 9.03. The Balaban J connectivity index is 2.24. The van der Waals surface area contributed by atoms with E-state index in [0.29, 0.717) is 12.3 Å². The molecule has 0 aliphatic heterocycles. The van der Waals surface area contributed by atoms with Gasteiger partial charge in [0.2, 0.25) is 0 Å². The first kappa shape index (κ1) is 10.3. The first-order chi connectivity index (χ1) is 7.83. The van der Waals surface area contributed by atoms with Crippen LogP contribution in [0.4, 0.5) is 0 Å². The Kier molecular flexibility index (Phi) is 2.93. The van der Waals surface area contributed by atoms with E-state index in [-0.39, 0.29) is 0 Å². The van der Waals surface area contributed by atoms with Gasteiger partial charge in [0.05, 0.1) is 6.61 Å². The maximum Gasteiger partial charge on any atom is 0.119 e. The number of rotatable bonds is 3. The number of aromatic nitrogens is 1. The summed E-state index contributed by atoms with van der Waals surface area (Å²) in [5.41, 5.74) is 2.66. The highest BCUT2D eigenvalue weighted by Gasteiger charge is 2.01. The molecule has 1 N–H and O–H groups in total. The van der Waals surface area contributed by atoms with E-state index >= 15 is 0 Å². The average molecular weight is 212 g/mol. The molecule has 0 saturated carbocycles. The Bertz CT molecular complexity index is 505. The lowest BCUT2D eigenvalue weighted by Crippen LogP contribution is -1.90. The van der Waals surface area contributed by atoms with Crippen molar-refractivity contribution >= 4 is 0 Å². The summed E-state index contributed by atoms with van der Waals surface area (Å²) in [7, 11) is 0. The fourth-order valence-corrected chi connectivity index (χ4v) is 1.54. The molecule has 0 amide bonds. The minimum absolute atomic E-state index is 0.573. The number of benzene rings is 1. The molecule has 0 fully saturated rings. The number of hydrogen-bond donors (Lipinski definition) is 1. The van der Waals surface area contributed by atoms with Crippen molar-refractivity contribution in [1.82, 2.24) is 4.98 Å². The fourth-order valence-electron chi connectivity index (χ4n) is 1.54. The number of nitrogens with one attached hydrogen (secondary N) is 1. The summed E-state index contributed by atoms with van der Waals surface area (Å²) in [6, 6.07) is 11.7. The number of aromatic amines is 1. The van der Waals surface area contributed by atoms with Crippen molar-refractivity contribution in [1.29, 1.82) is 5.26 Å². The van der Waals surface area contributed by atoms with Crippen molar-refractivity contribution in [3.05, 3.63) is 42.2 Å². The number of hydrogen-bond acceptors (Lipinski definition) is 2. The van der Waals surface area contributed by atoms with Crippen LogP contribution in [0.1, 0.15) is 12.6 Å². The highest BCUT2D eigenvalue weighted by atomic mass is 16.5. The number of nitriles is 1. The smallest absolute Gasteiger partial charge is 0.119 e. The predicted octanol–water partition coefficient (Wildman–Crippen LogP) is 2.95. The Morgan fingerprint density at radius 1 is 1.25 bits per heavy atom. The van der Waals surface area contributed by atoms with Crippen LogP contribution in [-0.2, 0) is 0 Å². The van der Waals surface area contributed by atoms with Gasteiger partial charge in [0.15, 0.2) is 0 Å². The predicted molar refractivity (Wildman–Crippen MR) is 62.1 cm³/mol. The molecular formula is C13H12N2O. The van der Waals surface area contributed by atoms with Gasteiger partial charge in [-0.15, -0.1) is 0 Å². The van der Waals surface area contributed by atoms with Gasteiger partial charge in [-0.1, -0.05) is 12.1 Å². The van der Waals surface area contributed by atoms with Crippen LogP contribution in [0.25, 0.3) is 11.1 Å². The molecule has 3 heteroatoms. The molecule has 0 bridgehead atoms. The van der Waals surface area contributed by atoms with Gasteiger partial charge in [0.1, 0.15) is 17.5 Å². The first-order valence-electron chi connectivity index (χ1n) is 5.15. The summed E-state index contributed by atoms with van der Waals surface area (Å²) in [5.74, 6) is 0.863. The topological polar surface area (TPSA) is 48.8 Å². The highest BCUT2D eigenvalue weighted by molar-refractivity contribution is 5.65. The minimum Gasteiger partial charge on any atom is -0.494 e. The highest BCUT2D eigenvalue weighted by Crippen LogP contribution is 2.22. The maximum atomic E-state index is 8.71. The molecule has 1 aromatic carbocycles. The lowest BCUT2D eigenvalue weighted by molar-refractivity contribution is 0.340. The van der Waals surface area contributed by atoms with Gasteiger partial charge >= 0.3 is 0 Å². The summed E-state index contributed by atoms with van der Waals surface area (Å²) >= 11 is 0. The molecule has 1 heterocycles. The second kappa shape index (κ2) is 4.54. The van der Waals surface area contributed by atoms with Crippen LogP contribution in [0.2, 0.25) is 0 Å². The quantitative estimate of drug-likeness (QED) is 0.850. The molecule has 0 aliphatic rings. The average Bonchev–Trinajstić information content (AvgIpc) is 2.79. The molecule has 16 heavy (non-hydrogen) atoms. The molecule has 80 valence electrons. The third-order valence-corrected chi connectivity index (χ3v) is 2.30. The van der Waals surface area contributed by atoms with Gasteiger partial charge in [-0.2, -0.15) is 5.26 Å². The second-order valence-corrected chi connectivity index (χ2v) is 3.37. The largest absolute Gasteiger partial charge is 0.494 e. The molecule has 0 saturated heterocycles. The van der Waals surface area contributed by atoms with Crippen LogP contribution in [0.3, 0.4) is 0 Å². The van der Waals surface area contributed by atoms with E-state index < -0.39 is 0 Å². The van der Waals surface area contributed by atoms with Crippen LogP contribution < -0.4 is 4.74 Å². The molecule has 0 atom stereocenters. The molecular weight excluding hydrogens is 200 g/mol. The normalized spacial score (nSPS) is 9.75. The van der Waals surface area contributed by atoms with Gasteiger partial charge < -0.3 is 9.72 Å². The summed E-state index contributed by atoms with van der Waals surface area (Å²) < 4.78 is 5.36. The Hall–Kier alpha value is -2.21. The van der Waals surface area contributed by atoms with Crippen LogP contribution in [0.5, 0.6) is 5.75 Å². The Labute approximate surface area is 94.3 Å². The van der Waals surface area contributed by atoms with Crippen molar-refractivity contribution in [2.45, 2.75) is 6.92 Å². The van der Waals surface area contributed by atoms with Crippen LogP contribution >= 0.6 is 0 Å². The standard InChI is InChI=1S/C13H12N2O/c1-2-16-13-5-3-10(4-6-13)11-7-12(8-14)15-9-11/h3-7,9,15H,2H2,1H3. The summed E-state index contributed by atoms with van der Waals surface area (Å²) in [6.45, 7) is 2.63. The Morgan fingerprint density at radius 3 is 2.56 bits per heavy atom. The Morgan fingerprint density at radius 2 is 2.00 bits per heavy atom. The summed E-state index contributed by atoms with van der Waals surface area (Å²) in [4.78, 5) is 2.90. The molecule has 0 spiro atoms. The molecule has 0 unspecified atom stereocenters. The van der Waals surface area contributed by atoms with Gasteiger partial charge in [-0.25, -0.2) is 0 Å². The summed E-state index contributed by atoms with van der Waals surface area (Å²) in [6.07, 6.45) is 1.83. The van der Waals surface area contributed by atoms with Gasteiger partial charge in [0, 0.05) is 11.8 Å². The molecule has 0 aliphatic carbocycles. The lowest BCUT2D eigenvalue weighted by Gasteiger charge is -2.03. The van der Waals surface area contributed by atoms with Crippen molar-refractivity contribution in [2.75, 3.05) is 6.61 Å². The zero-order valence-corrected chi connectivity index (χ0v) is 9.03. The number of H-pyrrole nitrogens is 1.